The first-order chi connectivity index (χ1) is 18.8. The molecule has 6 nitrogen and oxygen atoms in total. The molecule has 9 heteroatoms. The van der Waals surface area contributed by atoms with Crippen molar-refractivity contribution in [1.82, 2.24) is 4.57 Å². The predicted molar refractivity (Wildman–Crippen MR) is 164 cm³/mol. The third-order valence-corrected chi connectivity index (χ3v) is 9.17. The van der Waals surface area contributed by atoms with Gasteiger partial charge in [-0.3, -0.25) is 14.2 Å². The van der Waals surface area contributed by atoms with Crippen LogP contribution in [-0.4, -0.2) is 17.6 Å². The lowest BCUT2D eigenvalue weighted by Crippen LogP contribution is -2.38. The summed E-state index contributed by atoms with van der Waals surface area (Å²) in [7, 11) is 1.52. The maximum atomic E-state index is 14.0. The number of methoxy groups -OCH3 is 1. The van der Waals surface area contributed by atoms with Crippen LogP contribution in [0.1, 0.15) is 41.6 Å². The Morgan fingerprint density at radius 1 is 1.15 bits per heavy atom. The summed E-state index contributed by atoms with van der Waals surface area (Å²) in [5.74, 6) is 0.368. The smallest absolute Gasteiger partial charge is 0.308 e. The quantitative estimate of drug-likeness (QED) is 0.157. The molecule has 39 heavy (non-hydrogen) atoms. The molecular formula is C30H22BrIN2O4S. The van der Waals surface area contributed by atoms with Crippen LogP contribution in [0.4, 0.5) is 0 Å². The van der Waals surface area contributed by atoms with E-state index in [1.807, 2.05) is 34.9 Å². The molecule has 0 amide bonds. The molecule has 4 aromatic rings. The second kappa shape index (κ2) is 10.5. The Hall–Kier alpha value is -3.02. The van der Waals surface area contributed by atoms with Crippen molar-refractivity contribution in [2.24, 2.45) is 4.99 Å². The number of hydrogen-bond acceptors (Lipinski definition) is 6. The maximum Gasteiger partial charge on any atom is 0.308 e. The molecule has 0 saturated carbocycles. The van der Waals surface area contributed by atoms with Crippen LogP contribution in [-0.2, 0) is 11.2 Å². The molecule has 1 aromatic heterocycles. The Morgan fingerprint density at radius 3 is 2.67 bits per heavy atom. The number of hydrogen-bond donors (Lipinski definition) is 0. The summed E-state index contributed by atoms with van der Waals surface area (Å²) >= 11 is 7.03. The van der Waals surface area contributed by atoms with Gasteiger partial charge in [0, 0.05) is 17.0 Å². The van der Waals surface area contributed by atoms with Gasteiger partial charge >= 0.3 is 5.97 Å². The first-order valence-electron chi connectivity index (χ1n) is 12.3. The van der Waals surface area contributed by atoms with Gasteiger partial charge in [-0.25, -0.2) is 4.99 Å². The summed E-state index contributed by atoms with van der Waals surface area (Å²) in [6.45, 7) is 1.35. The van der Waals surface area contributed by atoms with Gasteiger partial charge in [0.25, 0.3) is 5.56 Å². The fraction of sp³-hybridized carbons (Fsp3) is 0.167. The molecule has 0 spiro atoms. The van der Waals surface area contributed by atoms with Gasteiger partial charge in [0.2, 0.25) is 0 Å². The summed E-state index contributed by atoms with van der Waals surface area (Å²) < 4.78 is 14.9. The highest BCUT2D eigenvalue weighted by atomic mass is 127. The largest absolute Gasteiger partial charge is 0.493 e. The monoisotopic (exact) mass is 712 g/mol. The fourth-order valence-electron chi connectivity index (χ4n) is 5.18. The second-order valence-electron chi connectivity index (χ2n) is 9.29. The normalized spacial score (nSPS) is 16.2. The van der Waals surface area contributed by atoms with Crippen LogP contribution < -0.4 is 24.4 Å². The third kappa shape index (κ3) is 4.81. The Bertz CT molecular complexity index is 1860. The molecule has 0 radical (unpaired) electrons. The van der Waals surface area contributed by atoms with Crippen LogP contribution in [0.3, 0.4) is 0 Å². The third-order valence-electron chi connectivity index (χ3n) is 6.85. The number of carbonyl (C=O) groups is 1. The van der Waals surface area contributed by atoms with Crippen LogP contribution in [0.25, 0.3) is 11.8 Å². The predicted octanol–water partition coefficient (Wildman–Crippen LogP) is 5.62. The highest BCUT2D eigenvalue weighted by molar-refractivity contribution is 14.1. The van der Waals surface area contributed by atoms with Crippen LogP contribution in [0.5, 0.6) is 11.5 Å². The minimum absolute atomic E-state index is 0.0879. The van der Waals surface area contributed by atoms with Crippen LogP contribution in [0.15, 0.2) is 80.5 Å². The zero-order valence-electron chi connectivity index (χ0n) is 21.0. The van der Waals surface area contributed by atoms with Crippen molar-refractivity contribution in [2.45, 2.75) is 25.8 Å². The summed E-state index contributed by atoms with van der Waals surface area (Å²) in [4.78, 5) is 31.3. The average Bonchev–Trinajstić information content (AvgIpc) is 3.23. The van der Waals surface area contributed by atoms with Crippen LogP contribution in [0, 0.1) is 3.57 Å². The topological polar surface area (TPSA) is 69.9 Å². The number of allylic oxidation sites excluding steroid dienone is 1. The van der Waals surface area contributed by atoms with Crippen molar-refractivity contribution >= 4 is 67.6 Å². The van der Waals surface area contributed by atoms with Gasteiger partial charge in [-0.15, -0.1) is 0 Å². The summed E-state index contributed by atoms with van der Waals surface area (Å²) in [6, 6.07) is 20.0. The summed E-state index contributed by atoms with van der Waals surface area (Å²) in [5.41, 5.74) is 6.29. The number of halogens is 2. The molecule has 1 aliphatic carbocycles. The van der Waals surface area contributed by atoms with E-state index in [-0.39, 0.29) is 11.6 Å². The number of rotatable bonds is 4. The summed E-state index contributed by atoms with van der Waals surface area (Å²) in [5, 5.41) is 0. The molecule has 196 valence electrons. The zero-order valence-corrected chi connectivity index (χ0v) is 25.6. The van der Waals surface area contributed by atoms with Gasteiger partial charge in [-0.2, -0.15) is 0 Å². The molecule has 2 heterocycles. The number of aryl methyl sites for hydroxylation is 1. The molecule has 1 atom stereocenters. The number of carbonyl (C=O) groups excluding carboxylic acids is 1. The molecular weight excluding hydrogens is 691 g/mol. The van der Waals surface area contributed by atoms with Crippen molar-refractivity contribution in [3.8, 4) is 11.5 Å². The van der Waals surface area contributed by atoms with Crippen molar-refractivity contribution in [1.29, 1.82) is 0 Å². The number of nitrogens with zero attached hydrogens (tertiary/aromatic N) is 2. The molecule has 0 unspecified atom stereocenters. The van der Waals surface area contributed by atoms with Gasteiger partial charge in [0.1, 0.15) is 0 Å². The minimum Gasteiger partial charge on any atom is -0.493 e. The number of esters is 1. The molecule has 1 aliphatic heterocycles. The SMILES string of the molecule is COc1cc(/C=c2/sc3n(c2=O)[C@@H](c2ccc(Br)cc2)C2=C(N=3)c3ccccc3CC2)cc(I)c1OC(C)=O. The van der Waals surface area contributed by atoms with E-state index in [1.165, 1.54) is 30.9 Å². The van der Waals surface area contributed by atoms with Crippen LogP contribution >= 0.6 is 49.9 Å². The van der Waals surface area contributed by atoms with Crippen molar-refractivity contribution in [2.75, 3.05) is 7.11 Å². The Morgan fingerprint density at radius 2 is 1.92 bits per heavy atom. The molecule has 0 N–H and O–H groups in total. The number of ether oxygens (including phenoxy) is 2. The summed E-state index contributed by atoms with van der Waals surface area (Å²) in [6.07, 6.45) is 3.60. The van der Waals surface area contributed by atoms with Crippen LogP contribution in [0.2, 0.25) is 0 Å². The van der Waals surface area contributed by atoms with Crippen molar-refractivity contribution in [3.05, 3.63) is 116 Å². The number of benzene rings is 3. The maximum absolute atomic E-state index is 14.0. The highest BCUT2D eigenvalue weighted by Gasteiger charge is 2.32. The Kier molecular flexibility index (Phi) is 7.07. The van der Waals surface area contributed by atoms with E-state index in [4.69, 9.17) is 14.5 Å². The van der Waals surface area contributed by atoms with E-state index in [0.717, 1.165) is 45.3 Å². The first-order valence-corrected chi connectivity index (χ1v) is 15.0. The first kappa shape index (κ1) is 26.2. The van der Waals surface area contributed by atoms with Gasteiger partial charge < -0.3 is 9.47 Å². The van der Waals surface area contributed by atoms with Gasteiger partial charge in [0.05, 0.1) is 27.0 Å². The van der Waals surface area contributed by atoms with E-state index in [9.17, 15) is 9.59 Å². The lowest BCUT2D eigenvalue weighted by molar-refractivity contribution is -0.132. The Balaban J connectivity index is 1.56. The highest BCUT2D eigenvalue weighted by Crippen LogP contribution is 2.41. The molecule has 0 fully saturated rings. The number of fused-ring (bicyclic) bond motifs is 3. The lowest BCUT2D eigenvalue weighted by Gasteiger charge is -2.30. The lowest BCUT2D eigenvalue weighted by atomic mass is 9.83. The van der Waals surface area contributed by atoms with Gasteiger partial charge in [0.15, 0.2) is 16.3 Å². The fourth-order valence-corrected chi connectivity index (χ4v) is 7.19. The second-order valence-corrected chi connectivity index (χ2v) is 12.4. The standard InChI is InChI=1S/C30H22BrIN2O4S/c1-16(35)38-28-23(32)13-17(14-24(28)37-2)15-25-29(36)34-27(19-7-10-20(31)11-8-19)22-12-9-18-5-3-4-6-21(18)26(22)33-30(34)39-25/h3-8,10-11,13-15,27H,9,12H2,1-2H3/b25-15+/t27-/m0/s1. The molecule has 6 rings (SSSR count). The molecule has 2 aliphatic rings. The van der Waals surface area contributed by atoms with E-state index >= 15 is 0 Å². The molecule has 0 bridgehead atoms. The average molecular weight is 713 g/mol. The number of thiazole rings is 1. The van der Waals surface area contributed by atoms with Gasteiger partial charge in [-0.05, 0) is 88.0 Å². The zero-order chi connectivity index (χ0) is 27.3. The van der Waals surface area contributed by atoms with E-state index < -0.39 is 5.97 Å². The van der Waals surface area contributed by atoms with Gasteiger partial charge in [-0.1, -0.05) is 63.7 Å². The Labute approximate surface area is 250 Å². The number of aromatic nitrogens is 1. The van der Waals surface area contributed by atoms with Crippen molar-refractivity contribution in [3.63, 3.8) is 0 Å². The molecule has 3 aromatic carbocycles. The van der Waals surface area contributed by atoms with E-state index in [0.29, 0.717) is 24.4 Å². The van der Waals surface area contributed by atoms with E-state index in [1.54, 1.807) is 6.07 Å². The van der Waals surface area contributed by atoms with Crippen molar-refractivity contribution < 1.29 is 14.3 Å². The minimum atomic E-state index is -0.425. The molecule has 0 saturated heterocycles. The van der Waals surface area contributed by atoms with E-state index in [2.05, 4.69) is 68.9 Å².